The number of aromatic nitrogens is 2. The van der Waals surface area contributed by atoms with E-state index in [0.717, 1.165) is 11.6 Å². The molecule has 0 fully saturated rings. The minimum absolute atomic E-state index is 0.0414. The SMILES string of the molecule is NCCc1cnc(Oc2cccc(F)c2F)nc1. The first kappa shape index (κ1) is 12.4. The number of rotatable bonds is 4. The second-order valence-corrected chi connectivity index (χ2v) is 3.57. The molecule has 1 aromatic carbocycles. The van der Waals surface area contributed by atoms with Crippen molar-refractivity contribution in [2.45, 2.75) is 6.42 Å². The van der Waals surface area contributed by atoms with E-state index in [-0.39, 0.29) is 11.8 Å². The Balaban J connectivity index is 2.16. The van der Waals surface area contributed by atoms with Crippen LogP contribution in [0.25, 0.3) is 0 Å². The summed E-state index contributed by atoms with van der Waals surface area (Å²) in [5, 5.41) is 0. The highest BCUT2D eigenvalue weighted by atomic mass is 19.2. The van der Waals surface area contributed by atoms with Gasteiger partial charge in [0.2, 0.25) is 5.82 Å². The molecule has 4 nitrogen and oxygen atoms in total. The number of hydrogen-bond acceptors (Lipinski definition) is 4. The van der Waals surface area contributed by atoms with E-state index in [1.165, 1.54) is 24.5 Å². The van der Waals surface area contributed by atoms with Gasteiger partial charge >= 0.3 is 6.01 Å². The topological polar surface area (TPSA) is 61.0 Å². The standard InChI is InChI=1S/C12H11F2N3O/c13-9-2-1-3-10(11(9)14)18-12-16-6-8(4-5-15)7-17-12/h1-3,6-7H,4-5,15H2. The first-order valence-electron chi connectivity index (χ1n) is 5.33. The van der Waals surface area contributed by atoms with Crippen molar-refractivity contribution in [3.8, 4) is 11.8 Å². The molecule has 0 radical (unpaired) electrons. The third-order valence-electron chi connectivity index (χ3n) is 2.23. The smallest absolute Gasteiger partial charge is 0.321 e. The van der Waals surface area contributed by atoms with Gasteiger partial charge in [-0.25, -0.2) is 14.4 Å². The van der Waals surface area contributed by atoms with Gasteiger partial charge in [-0.15, -0.1) is 0 Å². The lowest BCUT2D eigenvalue weighted by atomic mass is 10.2. The van der Waals surface area contributed by atoms with Crippen molar-refractivity contribution < 1.29 is 13.5 Å². The second kappa shape index (κ2) is 5.50. The van der Waals surface area contributed by atoms with Crippen LogP contribution in [-0.2, 0) is 6.42 Å². The van der Waals surface area contributed by atoms with Crippen molar-refractivity contribution in [2.75, 3.05) is 6.54 Å². The van der Waals surface area contributed by atoms with Crippen LogP contribution in [0.15, 0.2) is 30.6 Å². The molecule has 0 atom stereocenters. The van der Waals surface area contributed by atoms with Crippen LogP contribution in [0.3, 0.4) is 0 Å². The predicted molar refractivity (Wildman–Crippen MR) is 61.2 cm³/mol. The molecule has 0 aliphatic heterocycles. The Kier molecular flexibility index (Phi) is 3.78. The zero-order valence-electron chi connectivity index (χ0n) is 9.44. The van der Waals surface area contributed by atoms with Gasteiger partial charge in [0.1, 0.15) is 0 Å². The molecule has 0 unspecified atom stereocenters. The minimum atomic E-state index is -1.06. The van der Waals surface area contributed by atoms with Crippen LogP contribution in [0.4, 0.5) is 8.78 Å². The summed E-state index contributed by atoms with van der Waals surface area (Å²) < 4.78 is 31.3. The molecule has 0 aliphatic carbocycles. The van der Waals surface area contributed by atoms with Crippen molar-refractivity contribution in [1.82, 2.24) is 9.97 Å². The largest absolute Gasteiger partial charge is 0.421 e. The van der Waals surface area contributed by atoms with Gasteiger partial charge in [0.15, 0.2) is 11.6 Å². The highest BCUT2D eigenvalue weighted by Gasteiger charge is 2.10. The summed E-state index contributed by atoms with van der Waals surface area (Å²) in [7, 11) is 0. The van der Waals surface area contributed by atoms with E-state index in [1.807, 2.05) is 0 Å². The van der Waals surface area contributed by atoms with Gasteiger partial charge in [0.05, 0.1) is 0 Å². The van der Waals surface area contributed by atoms with E-state index in [4.69, 9.17) is 10.5 Å². The molecule has 94 valence electrons. The van der Waals surface area contributed by atoms with E-state index >= 15 is 0 Å². The summed E-state index contributed by atoms with van der Waals surface area (Å²) in [5.74, 6) is -2.29. The maximum absolute atomic E-state index is 13.3. The van der Waals surface area contributed by atoms with Gasteiger partial charge in [-0.3, -0.25) is 0 Å². The first-order valence-corrected chi connectivity index (χ1v) is 5.33. The molecule has 0 spiro atoms. The van der Waals surface area contributed by atoms with Gasteiger partial charge in [-0.1, -0.05) is 6.07 Å². The van der Waals surface area contributed by atoms with Crippen LogP contribution in [0.5, 0.6) is 11.8 Å². The quantitative estimate of drug-likeness (QED) is 0.903. The third kappa shape index (κ3) is 2.78. The summed E-state index contributed by atoms with van der Waals surface area (Å²) in [5.41, 5.74) is 6.23. The molecule has 1 aromatic heterocycles. The van der Waals surface area contributed by atoms with Crippen molar-refractivity contribution in [1.29, 1.82) is 0 Å². The molecule has 0 aliphatic rings. The van der Waals surface area contributed by atoms with E-state index in [1.54, 1.807) is 0 Å². The van der Waals surface area contributed by atoms with Crippen LogP contribution in [-0.4, -0.2) is 16.5 Å². The Morgan fingerprint density at radius 3 is 2.56 bits per heavy atom. The van der Waals surface area contributed by atoms with Crippen molar-refractivity contribution >= 4 is 0 Å². The fourth-order valence-electron chi connectivity index (χ4n) is 1.35. The molecule has 2 N–H and O–H groups in total. The molecule has 18 heavy (non-hydrogen) atoms. The van der Waals surface area contributed by atoms with Crippen LogP contribution in [0, 0.1) is 11.6 Å². The Bertz CT molecular complexity index is 531. The zero-order chi connectivity index (χ0) is 13.0. The molecule has 6 heteroatoms. The number of hydrogen-bond donors (Lipinski definition) is 1. The average molecular weight is 251 g/mol. The van der Waals surface area contributed by atoms with Crippen LogP contribution >= 0.6 is 0 Å². The number of halogens is 2. The van der Waals surface area contributed by atoms with Crippen molar-refractivity contribution in [3.05, 3.63) is 47.8 Å². The van der Waals surface area contributed by atoms with Crippen molar-refractivity contribution in [3.63, 3.8) is 0 Å². The molecule has 2 aromatic rings. The first-order chi connectivity index (χ1) is 8.70. The Hall–Kier alpha value is -2.08. The monoisotopic (exact) mass is 251 g/mol. The summed E-state index contributed by atoms with van der Waals surface area (Å²) in [6, 6.07) is 3.61. The Morgan fingerprint density at radius 2 is 1.89 bits per heavy atom. The number of nitrogens with two attached hydrogens (primary N) is 1. The van der Waals surface area contributed by atoms with E-state index in [9.17, 15) is 8.78 Å². The lowest BCUT2D eigenvalue weighted by molar-refractivity contribution is 0.392. The predicted octanol–water partition coefficient (Wildman–Crippen LogP) is 2.05. The number of ether oxygens (including phenoxy) is 1. The van der Waals surface area contributed by atoms with Gasteiger partial charge in [-0.2, -0.15) is 4.39 Å². The Morgan fingerprint density at radius 1 is 1.17 bits per heavy atom. The maximum atomic E-state index is 13.3. The lowest BCUT2D eigenvalue weighted by Gasteiger charge is -2.05. The normalized spacial score (nSPS) is 10.4. The summed E-state index contributed by atoms with van der Waals surface area (Å²) in [4.78, 5) is 7.77. The second-order valence-electron chi connectivity index (χ2n) is 3.57. The van der Waals surface area contributed by atoms with E-state index < -0.39 is 11.6 Å². The van der Waals surface area contributed by atoms with Gasteiger partial charge in [-0.05, 0) is 30.7 Å². The zero-order valence-corrected chi connectivity index (χ0v) is 9.44. The molecular weight excluding hydrogens is 240 g/mol. The molecule has 2 rings (SSSR count). The molecule has 1 heterocycles. The molecule has 0 amide bonds. The molecule has 0 saturated heterocycles. The fourth-order valence-corrected chi connectivity index (χ4v) is 1.35. The van der Waals surface area contributed by atoms with E-state index in [2.05, 4.69) is 9.97 Å². The van der Waals surface area contributed by atoms with Crippen LogP contribution in [0.2, 0.25) is 0 Å². The van der Waals surface area contributed by atoms with Gasteiger partial charge in [0, 0.05) is 12.4 Å². The van der Waals surface area contributed by atoms with Crippen LogP contribution in [0.1, 0.15) is 5.56 Å². The lowest BCUT2D eigenvalue weighted by Crippen LogP contribution is -2.04. The highest BCUT2D eigenvalue weighted by molar-refractivity contribution is 5.27. The molecule has 0 saturated carbocycles. The number of benzene rings is 1. The minimum Gasteiger partial charge on any atom is -0.421 e. The Labute approximate surface area is 102 Å². The summed E-state index contributed by atoms with van der Waals surface area (Å²) in [6.07, 6.45) is 3.72. The van der Waals surface area contributed by atoms with Crippen LogP contribution < -0.4 is 10.5 Å². The maximum Gasteiger partial charge on any atom is 0.321 e. The fraction of sp³-hybridized carbons (Fsp3) is 0.167. The highest BCUT2D eigenvalue weighted by Crippen LogP contribution is 2.23. The van der Waals surface area contributed by atoms with Gasteiger partial charge in [0.25, 0.3) is 0 Å². The number of nitrogens with zero attached hydrogens (tertiary/aromatic N) is 2. The van der Waals surface area contributed by atoms with E-state index in [0.29, 0.717) is 13.0 Å². The molecule has 0 bridgehead atoms. The van der Waals surface area contributed by atoms with Crippen molar-refractivity contribution in [2.24, 2.45) is 5.73 Å². The molecular formula is C12H11F2N3O. The van der Waals surface area contributed by atoms with Gasteiger partial charge < -0.3 is 10.5 Å². The third-order valence-corrected chi connectivity index (χ3v) is 2.23. The summed E-state index contributed by atoms with van der Waals surface area (Å²) in [6.45, 7) is 0.488. The summed E-state index contributed by atoms with van der Waals surface area (Å²) >= 11 is 0. The average Bonchev–Trinajstić information content (AvgIpc) is 2.38.